The minimum Gasteiger partial charge on any atom is -0.497 e. The molecule has 0 aliphatic heterocycles. The lowest BCUT2D eigenvalue weighted by molar-refractivity contribution is -0.111. The predicted molar refractivity (Wildman–Crippen MR) is 89.8 cm³/mol. The minimum atomic E-state index is -0.148. The van der Waals surface area contributed by atoms with E-state index in [1.807, 2.05) is 48.5 Å². The van der Waals surface area contributed by atoms with Crippen LogP contribution in [0.15, 0.2) is 54.6 Å². The summed E-state index contributed by atoms with van der Waals surface area (Å²) in [5.74, 6) is 0.648. The van der Waals surface area contributed by atoms with Crippen molar-refractivity contribution < 1.29 is 9.53 Å². The lowest BCUT2D eigenvalue weighted by Gasteiger charge is -2.04. The van der Waals surface area contributed by atoms with E-state index in [1.54, 1.807) is 13.2 Å². The Morgan fingerprint density at radius 3 is 2.50 bits per heavy atom. The number of benzene rings is 2. The van der Waals surface area contributed by atoms with Crippen LogP contribution in [0.5, 0.6) is 5.75 Å². The van der Waals surface area contributed by atoms with Crippen molar-refractivity contribution in [2.75, 3.05) is 12.4 Å². The van der Waals surface area contributed by atoms with E-state index in [9.17, 15) is 4.79 Å². The Labute approximate surface area is 131 Å². The van der Waals surface area contributed by atoms with Gasteiger partial charge < -0.3 is 10.1 Å². The quantitative estimate of drug-likeness (QED) is 0.646. The van der Waals surface area contributed by atoms with Crippen molar-refractivity contribution in [3.63, 3.8) is 0 Å². The fourth-order valence-electron chi connectivity index (χ4n) is 1.62. The van der Waals surface area contributed by atoms with Gasteiger partial charge in [0.15, 0.2) is 0 Å². The number of amides is 1. The van der Waals surface area contributed by atoms with Crippen LogP contribution in [0.1, 0.15) is 5.56 Å². The van der Waals surface area contributed by atoms with Crippen molar-refractivity contribution in [1.82, 2.24) is 0 Å². The van der Waals surface area contributed by atoms with Crippen LogP contribution in [0.2, 0.25) is 0 Å². The van der Waals surface area contributed by atoms with Gasteiger partial charge in [-0.25, -0.2) is 0 Å². The summed E-state index contributed by atoms with van der Waals surface area (Å²) in [5, 5.41) is 2.85. The maximum Gasteiger partial charge on any atom is 0.248 e. The zero-order valence-corrected chi connectivity index (χ0v) is 13.1. The number of nitrogens with one attached hydrogen (secondary N) is 1. The highest BCUT2D eigenvalue weighted by molar-refractivity contribution is 14.1. The van der Waals surface area contributed by atoms with Crippen LogP contribution >= 0.6 is 22.6 Å². The van der Waals surface area contributed by atoms with Gasteiger partial charge in [-0.15, -0.1) is 0 Å². The van der Waals surface area contributed by atoms with Crippen LogP contribution in [0, 0.1) is 3.57 Å². The average Bonchev–Trinajstić information content (AvgIpc) is 2.48. The van der Waals surface area contributed by atoms with Crippen molar-refractivity contribution in [2.45, 2.75) is 0 Å². The molecule has 4 heteroatoms. The van der Waals surface area contributed by atoms with E-state index in [-0.39, 0.29) is 5.91 Å². The summed E-state index contributed by atoms with van der Waals surface area (Å²) in [6.07, 6.45) is 3.29. The average molecular weight is 379 g/mol. The first-order valence-corrected chi connectivity index (χ1v) is 7.14. The first-order valence-electron chi connectivity index (χ1n) is 6.06. The molecule has 0 saturated heterocycles. The molecule has 0 unspecified atom stereocenters. The zero-order chi connectivity index (χ0) is 14.4. The van der Waals surface area contributed by atoms with E-state index >= 15 is 0 Å². The summed E-state index contributed by atoms with van der Waals surface area (Å²) in [4.78, 5) is 11.8. The normalized spacial score (nSPS) is 10.5. The van der Waals surface area contributed by atoms with Crippen LogP contribution in [0.4, 0.5) is 5.69 Å². The molecular weight excluding hydrogens is 365 g/mol. The van der Waals surface area contributed by atoms with E-state index in [4.69, 9.17) is 4.74 Å². The molecule has 0 radical (unpaired) electrons. The highest BCUT2D eigenvalue weighted by Gasteiger charge is 2.01. The SMILES string of the molecule is COc1ccc(/C=C/C(=O)Nc2ccccc2I)cc1. The Balaban J connectivity index is 2.00. The third-order valence-corrected chi connectivity index (χ3v) is 3.62. The van der Waals surface area contributed by atoms with Gasteiger partial charge in [-0.2, -0.15) is 0 Å². The molecule has 0 atom stereocenters. The van der Waals surface area contributed by atoms with Crippen LogP contribution in [0.3, 0.4) is 0 Å². The second-order valence-electron chi connectivity index (χ2n) is 4.08. The molecule has 102 valence electrons. The number of methoxy groups -OCH3 is 1. The van der Waals surface area contributed by atoms with Crippen LogP contribution in [-0.2, 0) is 4.79 Å². The highest BCUT2D eigenvalue weighted by atomic mass is 127. The fourth-order valence-corrected chi connectivity index (χ4v) is 2.15. The van der Waals surface area contributed by atoms with Gasteiger partial charge in [0.1, 0.15) is 5.75 Å². The molecule has 0 aliphatic carbocycles. The van der Waals surface area contributed by atoms with Gasteiger partial charge in [-0.3, -0.25) is 4.79 Å². The molecule has 2 aromatic carbocycles. The second kappa shape index (κ2) is 7.09. The standard InChI is InChI=1S/C16H14INO2/c1-20-13-9-6-12(7-10-13)8-11-16(19)18-15-5-3-2-4-14(15)17/h2-11H,1H3,(H,18,19)/b11-8+. The Bertz CT molecular complexity index is 621. The Kier molecular flexibility index (Phi) is 5.17. The molecule has 2 aromatic rings. The third kappa shape index (κ3) is 4.09. The van der Waals surface area contributed by atoms with Gasteiger partial charge in [-0.05, 0) is 58.5 Å². The van der Waals surface area contributed by atoms with Crippen molar-refractivity contribution in [3.05, 3.63) is 63.7 Å². The van der Waals surface area contributed by atoms with E-state index < -0.39 is 0 Å². The van der Waals surface area contributed by atoms with Gasteiger partial charge >= 0.3 is 0 Å². The summed E-state index contributed by atoms with van der Waals surface area (Å²) in [6, 6.07) is 15.2. The molecular formula is C16H14INO2. The topological polar surface area (TPSA) is 38.3 Å². The second-order valence-corrected chi connectivity index (χ2v) is 5.24. The minimum absolute atomic E-state index is 0.148. The van der Waals surface area contributed by atoms with Gasteiger partial charge in [0.2, 0.25) is 5.91 Å². The zero-order valence-electron chi connectivity index (χ0n) is 11.0. The number of anilines is 1. The summed E-state index contributed by atoms with van der Waals surface area (Å²) < 4.78 is 6.09. The summed E-state index contributed by atoms with van der Waals surface area (Å²) in [5.41, 5.74) is 1.76. The summed E-state index contributed by atoms with van der Waals surface area (Å²) in [6.45, 7) is 0. The van der Waals surface area contributed by atoms with Gasteiger partial charge in [0.25, 0.3) is 0 Å². The van der Waals surface area contributed by atoms with E-state index in [0.29, 0.717) is 0 Å². The molecule has 3 nitrogen and oxygen atoms in total. The lowest BCUT2D eigenvalue weighted by atomic mass is 10.2. The fraction of sp³-hybridized carbons (Fsp3) is 0.0625. The number of halogens is 1. The number of ether oxygens (including phenoxy) is 1. The Morgan fingerprint density at radius 2 is 1.85 bits per heavy atom. The largest absolute Gasteiger partial charge is 0.497 e. The van der Waals surface area contributed by atoms with Crippen molar-refractivity contribution >= 4 is 40.3 Å². The molecule has 1 amide bonds. The summed E-state index contributed by atoms with van der Waals surface area (Å²) in [7, 11) is 1.62. The monoisotopic (exact) mass is 379 g/mol. The van der Waals surface area contributed by atoms with Gasteiger partial charge in [0, 0.05) is 9.65 Å². The van der Waals surface area contributed by atoms with Crippen LogP contribution < -0.4 is 10.1 Å². The Morgan fingerprint density at radius 1 is 1.15 bits per heavy atom. The first-order chi connectivity index (χ1) is 9.69. The summed E-state index contributed by atoms with van der Waals surface area (Å²) >= 11 is 2.19. The smallest absolute Gasteiger partial charge is 0.248 e. The highest BCUT2D eigenvalue weighted by Crippen LogP contribution is 2.17. The molecule has 20 heavy (non-hydrogen) atoms. The molecule has 0 heterocycles. The van der Waals surface area contributed by atoms with Crippen molar-refractivity contribution in [3.8, 4) is 5.75 Å². The Hall–Kier alpha value is -1.82. The number of carbonyl (C=O) groups is 1. The molecule has 0 saturated carbocycles. The number of hydrogen-bond donors (Lipinski definition) is 1. The maximum absolute atomic E-state index is 11.8. The number of para-hydroxylation sites is 1. The first kappa shape index (κ1) is 14.6. The van der Waals surface area contributed by atoms with Crippen LogP contribution in [-0.4, -0.2) is 13.0 Å². The molecule has 0 fully saturated rings. The van der Waals surface area contributed by atoms with E-state index in [2.05, 4.69) is 27.9 Å². The number of hydrogen-bond acceptors (Lipinski definition) is 2. The third-order valence-electron chi connectivity index (χ3n) is 2.67. The van der Waals surface area contributed by atoms with Crippen LogP contribution in [0.25, 0.3) is 6.08 Å². The molecule has 0 bridgehead atoms. The molecule has 0 aromatic heterocycles. The molecule has 0 spiro atoms. The van der Waals surface area contributed by atoms with Gasteiger partial charge in [0.05, 0.1) is 12.8 Å². The molecule has 1 N–H and O–H groups in total. The van der Waals surface area contributed by atoms with Gasteiger partial charge in [-0.1, -0.05) is 24.3 Å². The van der Waals surface area contributed by atoms with Crippen molar-refractivity contribution in [1.29, 1.82) is 0 Å². The molecule has 2 rings (SSSR count). The predicted octanol–water partition coefficient (Wildman–Crippen LogP) is 3.95. The number of rotatable bonds is 4. The maximum atomic E-state index is 11.8. The molecule has 0 aliphatic rings. The van der Waals surface area contributed by atoms with E-state index in [1.165, 1.54) is 6.08 Å². The lowest BCUT2D eigenvalue weighted by Crippen LogP contribution is -2.08. The van der Waals surface area contributed by atoms with E-state index in [0.717, 1.165) is 20.6 Å². The number of carbonyl (C=O) groups excluding carboxylic acids is 1. The van der Waals surface area contributed by atoms with Crippen molar-refractivity contribution in [2.24, 2.45) is 0 Å².